The third-order valence-electron chi connectivity index (χ3n) is 2.83. The van der Waals surface area contributed by atoms with E-state index in [4.69, 9.17) is 11.6 Å². The number of aromatic nitrogens is 2. The maximum Gasteiger partial charge on any atom is 0.336 e. The summed E-state index contributed by atoms with van der Waals surface area (Å²) in [6.07, 6.45) is 1.54. The molecule has 0 unspecified atom stereocenters. The monoisotopic (exact) mass is 316 g/mol. The molecule has 0 fully saturated rings. The predicted molar refractivity (Wildman–Crippen MR) is 82.1 cm³/mol. The molecule has 4 nitrogen and oxygen atoms in total. The van der Waals surface area contributed by atoms with Crippen molar-refractivity contribution in [3.63, 3.8) is 0 Å². The maximum atomic E-state index is 11.4. The highest BCUT2D eigenvalue weighted by molar-refractivity contribution is 7.99. The minimum Gasteiger partial charge on any atom is -0.478 e. The van der Waals surface area contributed by atoms with Crippen LogP contribution in [-0.4, -0.2) is 21.0 Å². The third-order valence-corrected chi connectivity index (χ3v) is 3.92. The lowest BCUT2D eigenvalue weighted by Crippen LogP contribution is -1.99. The highest BCUT2D eigenvalue weighted by Gasteiger charge is 2.12. The largest absolute Gasteiger partial charge is 0.478 e. The van der Waals surface area contributed by atoms with E-state index in [0.717, 1.165) is 0 Å². The molecule has 0 radical (unpaired) electrons. The highest BCUT2D eigenvalue weighted by atomic mass is 35.5. The van der Waals surface area contributed by atoms with Gasteiger partial charge in [0.05, 0.1) is 16.1 Å². The quantitative estimate of drug-likeness (QED) is 0.787. The number of aromatic carboxylic acids is 1. The first kappa shape index (κ1) is 13.9. The summed E-state index contributed by atoms with van der Waals surface area (Å²) in [4.78, 5) is 20.0. The first-order valence-corrected chi connectivity index (χ1v) is 7.25. The van der Waals surface area contributed by atoms with Crippen LogP contribution in [0.4, 0.5) is 0 Å². The van der Waals surface area contributed by atoms with Crippen LogP contribution in [0.2, 0.25) is 5.02 Å². The van der Waals surface area contributed by atoms with Crippen LogP contribution in [-0.2, 0) is 0 Å². The number of halogens is 1. The van der Waals surface area contributed by atoms with Gasteiger partial charge < -0.3 is 5.11 Å². The number of carboxylic acids is 1. The lowest BCUT2D eigenvalue weighted by atomic mass is 10.1. The van der Waals surface area contributed by atoms with Crippen molar-refractivity contribution in [2.45, 2.75) is 10.1 Å². The highest BCUT2D eigenvalue weighted by Crippen LogP contribution is 2.29. The average Bonchev–Trinajstić information content (AvgIpc) is 2.48. The number of pyridine rings is 2. The van der Waals surface area contributed by atoms with Crippen LogP contribution in [0.15, 0.2) is 58.7 Å². The zero-order valence-electron chi connectivity index (χ0n) is 10.7. The average molecular weight is 317 g/mol. The van der Waals surface area contributed by atoms with Gasteiger partial charge in [0, 0.05) is 11.6 Å². The van der Waals surface area contributed by atoms with Crippen molar-refractivity contribution in [3.8, 4) is 0 Å². The molecule has 6 heteroatoms. The molecular weight excluding hydrogens is 308 g/mol. The van der Waals surface area contributed by atoms with Crippen LogP contribution in [0.1, 0.15) is 10.4 Å². The molecule has 1 aromatic carbocycles. The minimum absolute atomic E-state index is 0.233. The van der Waals surface area contributed by atoms with E-state index < -0.39 is 5.97 Å². The number of hydrogen-bond acceptors (Lipinski definition) is 4. The van der Waals surface area contributed by atoms with Crippen LogP contribution in [0.5, 0.6) is 0 Å². The predicted octanol–water partition coefficient (Wildman–Crippen LogP) is 4.13. The van der Waals surface area contributed by atoms with Crippen molar-refractivity contribution in [2.24, 2.45) is 0 Å². The fourth-order valence-corrected chi connectivity index (χ4v) is 2.80. The summed E-state index contributed by atoms with van der Waals surface area (Å²) >= 11 is 7.09. The van der Waals surface area contributed by atoms with Gasteiger partial charge in [-0.15, -0.1) is 0 Å². The Hall–Kier alpha value is -2.11. The first-order valence-electron chi connectivity index (χ1n) is 6.06. The van der Waals surface area contributed by atoms with Crippen molar-refractivity contribution < 1.29 is 9.90 Å². The van der Waals surface area contributed by atoms with Crippen molar-refractivity contribution in [3.05, 3.63) is 59.2 Å². The van der Waals surface area contributed by atoms with Gasteiger partial charge in [0.15, 0.2) is 0 Å². The number of nitrogens with zero attached hydrogens (tertiary/aromatic N) is 2. The summed E-state index contributed by atoms with van der Waals surface area (Å²) in [6.45, 7) is 0. The number of para-hydroxylation sites is 1. The van der Waals surface area contributed by atoms with E-state index >= 15 is 0 Å². The molecule has 0 spiro atoms. The van der Waals surface area contributed by atoms with Gasteiger partial charge in [-0.2, -0.15) is 0 Å². The molecule has 21 heavy (non-hydrogen) atoms. The number of fused-ring (bicyclic) bond motifs is 1. The zero-order chi connectivity index (χ0) is 14.8. The van der Waals surface area contributed by atoms with Crippen LogP contribution in [0, 0.1) is 0 Å². The second-order valence-corrected chi connectivity index (χ2v) is 5.72. The number of rotatable bonds is 3. The van der Waals surface area contributed by atoms with Crippen molar-refractivity contribution in [1.82, 2.24) is 9.97 Å². The summed E-state index contributed by atoms with van der Waals surface area (Å²) in [5.74, 6) is -0.973. The van der Waals surface area contributed by atoms with E-state index in [-0.39, 0.29) is 5.56 Å². The van der Waals surface area contributed by atoms with E-state index in [1.807, 2.05) is 6.07 Å². The fourth-order valence-electron chi connectivity index (χ4n) is 1.91. The maximum absolute atomic E-state index is 11.4. The van der Waals surface area contributed by atoms with Gasteiger partial charge in [-0.05, 0) is 24.3 Å². The van der Waals surface area contributed by atoms with Crippen molar-refractivity contribution in [1.29, 1.82) is 0 Å². The molecule has 3 aromatic rings. The molecule has 0 bridgehead atoms. The molecule has 1 N–H and O–H groups in total. The number of carboxylic acid groups (broad SMARTS) is 1. The number of hydrogen-bond donors (Lipinski definition) is 1. The van der Waals surface area contributed by atoms with Gasteiger partial charge in [-0.1, -0.05) is 41.6 Å². The second kappa shape index (κ2) is 5.71. The van der Waals surface area contributed by atoms with Crippen LogP contribution in [0.25, 0.3) is 10.9 Å². The van der Waals surface area contributed by atoms with Crippen LogP contribution < -0.4 is 0 Å². The lowest BCUT2D eigenvalue weighted by Gasteiger charge is -2.06. The summed E-state index contributed by atoms with van der Waals surface area (Å²) in [6, 6.07) is 12.2. The standard InChI is InChI=1S/C15H9ClN2O2S/c16-9-5-6-13(17-8-9)21-14-7-11(15(19)20)10-3-1-2-4-12(10)18-14/h1-8H,(H,19,20). The van der Waals surface area contributed by atoms with E-state index in [9.17, 15) is 9.90 Å². The Morgan fingerprint density at radius 2 is 1.95 bits per heavy atom. The van der Waals surface area contributed by atoms with Gasteiger partial charge in [-0.3, -0.25) is 0 Å². The smallest absolute Gasteiger partial charge is 0.336 e. The molecule has 0 saturated heterocycles. The molecule has 0 amide bonds. The zero-order valence-corrected chi connectivity index (χ0v) is 12.2. The third kappa shape index (κ3) is 2.99. The normalized spacial score (nSPS) is 10.7. The molecule has 2 aromatic heterocycles. The van der Waals surface area contributed by atoms with Gasteiger partial charge in [0.25, 0.3) is 0 Å². The van der Waals surface area contributed by atoms with Crippen LogP contribution >= 0.6 is 23.4 Å². The fraction of sp³-hybridized carbons (Fsp3) is 0. The lowest BCUT2D eigenvalue weighted by molar-refractivity contribution is 0.0698. The molecule has 0 aliphatic rings. The molecule has 3 rings (SSSR count). The van der Waals surface area contributed by atoms with Crippen molar-refractivity contribution >= 4 is 40.2 Å². The summed E-state index contributed by atoms with van der Waals surface area (Å²) in [5.41, 5.74) is 0.880. The molecule has 2 heterocycles. The van der Waals surface area contributed by atoms with E-state index in [1.54, 1.807) is 42.6 Å². The molecule has 0 aliphatic carbocycles. The molecular formula is C15H9ClN2O2S. The molecule has 0 aliphatic heterocycles. The molecule has 0 atom stereocenters. The van der Waals surface area contributed by atoms with E-state index in [0.29, 0.717) is 26.0 Å². The van der Waals surface area contributed by atoms with Gasteiger partial charge in [0.1, 0.15) is 10.1 Å². The van der Waals surface area contributed by atoms with Gasteiger partial charge >= 0.3 is 5.97 Å². The summed E-state index contributed by atoms with van der Waals surface area (Å²) in [5, 5.41) is 11.8. The topological polar surface area (TPSA) is 63.1 Å². The molecule has 104 valence electrons. The Balaban J connectivity index is 2.06. The Bertz CT molecular complexity index is 822. The number of benzene rings is 1. The second-order valence-electron chi connectivity index (χ2n) is 4.25. The van der Waals surface area contributed by atoms with Crippen LogP contribution in [0.3, 0.4) is 0 Å². The summed E-state index contributed by atoms with van der Waals surface area (Å²) in [7, 11) is 0. The Labute approximate surface area is 129 Å². The van der Waals surface area contributed by atoms with Crippen molar-refractivity contribution in [2.75, 3.05) is 0 Å². The minimum atomic E-state index is -0.973. The van der Waals surface area contributed by atoms with Gasteiger partial charge in [0.2, 0.25) is 0 Å². The SMILES string of the molecule is O=C(O)c1cc(Sc2ccc(Cl)cn2)nc2ccccc12. The van der Waals surface area contributed by atoms with E-state index in [1.165, 1.54) is 11.8 Å². The summed E-state index contributed by atoms with van der Waals surface area (Å²) < 4.78 is 0. The Kier molecular flexibility index (Phi) is 3.77. The molecule has 0 saturated carbocycles. The first-order chi connectivity index (χ1) is 10.1. The Morgan fingerprint density at radius 1 is 1.14 bits per heavy atom. The number of carbonyl (C=O) groups is 1. The Morgan fingerprint density at radius 3 is 2.67 bits per heavy atom. The van der Waals surface area contributed by atoms with E-state index in [2.05, 4.69) is 9.97 Å². The van der Waals surface area contributed by atoms with Gasteiger partial charge in [-0.25, -0.2) is 14.8 Å².